The number of rotatable bonds is 0. The van der Waals surface area contributed by atoms with Crippen molar-refractivity contribution < 1.29 is 24.2 Å². The van der Waals surface area contributed by atoms with Gasteiger partial charge in [-0.2, -0.15) is 24.3 Å². The van der Waals surface area contributed by atoms with E-state index in [9.17, 15) is 0 Å². The largest absolute Gasteiger partial charge is 0.358 e. The molecule has 0 fully saturated rings. The molecule has 0 heterocycles. The molecule has 1 heteroatoms. The molecule has 4 aromatic carbocycles. The minimum atomic E-state index is 0. The van der Waals surface area contributed by atoms with E-state index < -0.39 is 0 Å². The van der Waals surface area contributed by atoms with Gasteiger partial charge in [-0.1, -0.05) is 23.3 Å². The summed E-state index contributed by atoms with van der Waals surface area (Å²) in [5, 5.41) is 5.45. The molecule has 0 N–H and O–H groups in total. The average Bonchev–Trinajstić information content (AvgIpc) is 3.18. The number of hydrogen-bond acceptors (Lipinski definition) is 0. The standard InChI is InChI=1S/2C10H9.C2H4.2CH3.Zr/c2*1-8-4-2-5-9-6-3-7-10(8)9;1-2;;;/h2*2-7H,1H3;1H,2H3;2*1H3;/q2*-1;;2*-1;. The Bertz CT molecular complexity index is 805. The Hall–Kier alpha value is -1.59. The number of aryl methyl sites for hydroxylation is 2. The molecule has 0 aliphatic carbocycles. The van der Waals surface area contributed by atoms with E-state index in [1.807, 2.05) is 6.92 Å². The van der Waals surface area contributed by atoms with Gasteiger partial charge in [0.05, 0.1) is 0 Å². The van der Waals surface area contributed by atoms with Crippen LogP contribution >= 0.6 is 0 Å². The van der Waals surface area contributed by atoms with Gasteiger partial charge < -0.3 is 14.9 Å². The van der Waals surface area contributed by atoms with E-state index in [0.717, 1.165) is 0 Å². The van der Waals surface area contributed by atoms with Gasteiger partial charge in [0.2, 0.25) is 0 Å². The predicted molar refractivity (Wildman–Crippen MR) is 113 cm³/mol. The number of fused-ring (bicyclic) bond motifs is 2. The van der Waals surface area contributed by atoms with Gasteiger partial charge in [-0.3, -0.25) is 0 Å². The second kappa shape index (κ2) is 11.9. The van der Waals surface area contributed by atoms with E-state index in [1.54, 1.807) is 0 Å². The second-order valence-electron chi connectivity index (χ2n) is 5.50. The van der Waals surface area contributed by atoms with Crippen molar-refractivity contribution in [3.05, 3.63) is 98.8 Å². The Balaban J connectivity index is 0.000000374. The fraction of sp³-hybridized carbons (Fsp3) is 0.125. The van der Waals surface area contributed by atoms with E-state index in [4.69, 9.17) is 0 Å². The monoisotopic (exact) mass is 406 g/mol. The normalized spacial score (nSPS) is 8.88. The summed E-state index contributed by atoms with van der Waals surface area (Å²) in [6.07, 6.45) is 0. The maximum Gasteiger partial charge on any atom is -0.0488 e. The van der Waals surface area contributed by atoms with Gasteiger partial charge in [-0.15, -0.1) is 57.9 Å². The van der Waals surface area contributed by atoms with Gasteiger partial charge in [0.15, 0.2) is 0 Å². The third kappa shape index (κ3) is 6.33. The molecule has 0 aliphatic heterocycles. The van der Waals surface area contributed by atoms with Gasteiger partial charge >= 0.3 is 34.9 Å². The van der Waals surface area contributed by atoms with Crippen LogP contribution in [0.5, 0.6) is 0 Å². The summed E-state index contributed by atoms with van der Waals surface area (Å²) < 4.78 is 2.09. The van der Waals surface area contributed by atoms with Crippen molar-refractivity contribution in [1.29, 1.82) is 0 Å². The van der Waals surface area contributed by atoms with Crippen LogP contribution in [-0.4, -0.2) is 3.71 Å². The molecule has 132 valence electrons. The van der Waals surface area contributed by atoms with Crippen LogP contribution in [0.15, 0.2) is 72.8 Å². The first kappa shape index (κ1) is 23.4. The molecule has 25 heavy (non-hydrogen) atoms. The van der Waals surface area contributed by atoms with Gasteiger partial charge in [0.1, 0.15) is 0 Å². The van der Waals surface area contributed by atoms with Gasteiger partial charge in [0, 0.05) is 0 Å². The van der Waals surface area contributed by atoms with Crippen molar-refractivity contribution in [2.75, 3.05) is 0 Å². The Labute approximate surface area is 168 Å². The van der Waals surface area contributed by atoms with Crippen LogP contribution in [0.2, 0.25) is 0 Å². The Kier molecular flexibility index (Phi) is 11.1. The fourth-order valence-electron chi connectivity index (χ4n) is 2.65. The van der Waals surface area contributed by atoms with E-state index in [0.29, 0.717) is 0 Å². The zero-order valence-electron chi connectivity index (χ0n) is 16.0. The van der Waals surface area contributed by atoms with Crippen LogP contribution in [0.1, 0.15) is 18.1 Å². The van der Waals surface area contributed by atoms with Crippen LogP contribution in [0, 0.1) is 28.7 Å². The molecule has 0 saturated carbocycles. The maximum atomic E-state index is 2.16. The minimum absolute atomic E-state index is 0. The SMILES string of the molecule is C[CH]=[Zr].Cc1cccc2[cH-]ccc12.Cc1cccc2[cH-]ccc12.[CH3-].[CH3-]. The van der Waals surface area contributed by atoms with Gasteiger partial charge in [-0.25, -0.2) is 0 Å². The summed E-state index contributed by atoms with van der Waals surface area (Å²) >= 11 is 1.51. The number of benzene rings is 2. The molecule has 0 bridgehead atoms. The van der Waals surface area contributed by atoms with Crippen molar-refractivity contribution in [3.8, 4) is 0 Å². The van der Waals surface area contributed by atoms with Crippen LogP contribution in [-0.2, 0) is 24.2 Å². The van der Waals surface area contributed by atoms with E-state index in [-0.39, 0.29) is 14.9 Å². The molecule has 0 nitrogen and oxygen atoms in total. The topological polar surface area (TPSA) is 0 Å². The van der Waals surface area contributed by atoms with Crippen molar-refractivity contribution >= 4 is 25.3 Å². The third-order valence-electron chi connectivity index (χ3n) is 3.79. The van der Waals surface area contributed by atoms with Gasteiger partial charge in [0.25, 0.3) is 0 Å². The molecule has 0 aromatic heterocycles. The molecule has 0 saturated heterocycles. The first-order valence-corrected chi connectivity index (χ1v) is 9.26. The van der Waals surface area contributed by atoms with E-state index in [1.165, 1.54) is 56.9 Å². The molecule has 0 radical (unpaired) electrons. The van der Waals surface area contributed by atoms with Crippen molar-refractivity contribution in [2.45, 2.75) is 20.8 Å². The zero-order chi connectivity index (χ0) is 16.7. The van der Waals surface area contributed by atoms with Crippen molar-refractivity contribution in [1.82, 2.24) is 0 Å². The number of hydrogen-bond donors (Lipinski definition) is 0. The third-order valence-corrected chi connectivity index (χ3v) is 3.79. The van der Waals surface area contributed by atoms with E-state index in [2.05, 4.69) is 90.4 Å². The summed E-state index contributed by atoms with van der Waals surface area (Å²) in [5.41, 5.74) is 2.73. The Morgan fingerprint density at radius 3 is 1.40 bits per heavy atom. The van der Waals surface area contributed by atoms with Crippen molar-refractivity contribution in [3.63, 3.8) is 0 Å². The predicted octanol–water partition coefficient (Wildman–Crippen LogP) is 6.99. The summed E-state index contributed by atoms with van der Waals surface area (Å²) in [7, 11) is 0. The average molecular weight is 408 g/mol. The van der Waals surface area contributed by atoms with Crippen LogP contribution < -0.4 is 0 Å². The van der Waals surface area contributed by atoms with Crippen LogP contribution in [0.25, 0.3) is 21.5 Å². The van der Waals surface area contributed by atoms with Crippen LogP contribution in [0.4, 0.5) is 0 Å². The molecule has 0 amide bonds. The first-order valence-electron chi connectivity index (χ1n) is 7.84. The van der Waals surface area contributed by atoms with Crippen molar-refractivity contribution in [2.24, 2.45) is 0 Å². The maximum absolute atomic E-state index is 2.16. The molecule has 0 aliphatic rings. The fourth-order valence-corrected chi connectivity index (χ4v) is 2.65. The molecule has 0 spiro atoms. The first-order chi connectivity index (χ1) is 11.2. The Morgan fingerprint density at radius 1 is 0.720 bits per heavy atom. The minimum Gasteiger partial charge on any atom is -0.358 e. The van der Waals surface area contributed by atoms with Gasteiger partial charge in [-0.05, 0) is 13.8 Å². The molecule has 0 unspecified atom stereocenters. The zero-order valence-corrected chi connectivity index (χ0v) is 18.5. The molecular weight excluding hydrogens is 379 g/mol. The molecule has 4 rings (SSSR count). The molecule has 0 atom stereocenters. The smallest absolute Gasteiger partial charge is 0.0488 e. The van der Waals surface area contributed by atoms with Crippen LogP contribution in [0.3, 0.4) is 0 Å². The molecular formula is C24H28Zr-4. The quantitative estimate of drug-likeness (QED) is 0.276. The Morgan fingerprint density at radius 2 is 1.08 bits per heavy atom. The second-order valence-corrected chi connectivity index (χ2v) is 6.92. The summed E-state index contributed by atoms with van der Waals surface area (Å²) in [6.45, 7) is 6.32. The summed E-state index contributed by atoms with van der Waals surface area (Å²) in [6, 6.07) is 25.5. The summed E-state index contributed by atoms with van der Waals surface area (Å²) in [5.74, 6) is 0. The molecule has 4 aromatic rings. The summed E-state index contributed by atoms with van der Waals surface area (Å²) in [4.78, 5) is 0. The van der Waals surface area contributed by atoms with E-state index >= 15 is 0 Å².